The van der Waals surface area contributed by atoms with E-state index in [2.05, 4.69) is 45.3 Å². The van der Waals surface area contributed by atoms with Crippen molar-refractivity contribution >= 4 is 27.3 Å². The van der Waals surface area contributed by atoms with Gasteiger partial charge in [-0.15, -0.1) is 0 Å². The molecular formula is C14H16BrN3. The molecule has 2 rings (SSSR count). The number of halogens is 1. The molecule has 94 valence electrons. The zero-order chi connectivity index (χ0) is 13.0. The van der Waals surface area contributed by atoms with Crippen LogP contribution in [-0.2, 0) is 0 Å². The zero-order valence-corrected chi connectivity index (χ0v) is 11.8. The van der Waals surface area contributed by atoms with Crippen molar-refractivity contribution in [2.24, 2.45) is 0 Å². The summed E-state index contributed by atoms with van der Waals surface area (Å²) >= 11 is 3.47. The second-order valence-electron chi connectivity index (χ2n) is 4.10. The molecule has 0 aliphatic rings. The van der Waals surface area contributed by atoms with Gasteiger partial charge in [0.15, 0.2) is 0 Å². The summed E-state index contributed by atoms with van der Waals surface area (Å²) in [4.78, 5) is 4.04. The van der Waals surface area contributed by atoms with Gasteiger partial charge in [0.05, 0.1) is 28.1 Å². The van der Waals surface area contributed by atoms with Gasteiger partial charge in [0, 0.05) is 6.20 Å². The SMILES string of the molecule is CCC(Nc1c(N)cncc1Br)c1ccccc1. The van der Waals surface area contributed by atoms with Crippen LogP contribution < -0.4 is 11.1 Å². The second kappa shape index (κ2) is 5.87. The summed E-state index contributed by atoms with van der Waals surface area (Å²) in [5, 5.41) is 3.47. The minimum Gasteiger partial charge on any atom is -0.396 e. The monoisotopic (exact) mass is 305 g/mol. The van der Waals surface area contributed by atoms with Crippen LogP contribution in [0.4, 0.5) is 11.4 Å². The molecule has 18 heavy (non-hydrogen) atoms. The Balaban J connectivity index is 2.26. The van der Waals surface area contributed by atoms with Gasteiger partial charge in [0.1, 0.15) is 0 Å². The third-order valence-corrected chi connectivity index (χ3v) is 3.46. The lowest BCUT2D eigenvalue weighted by Gasteiger charge is -2.20. The lowest BCUT2D eigenvalue weighted by atomic mass is 10.0. The first-order valence-electron chi connectivity index (χ1n) is 5.92. The Morgan fingerprint density at radius 1 is 1.28 bits per heavy atom. The molecule has 0 fully saturated rings. The molecule has 3 nitrogen and oxygen atoms in total. The summed E-state index contributed by atoms with van der Waals surface area (Å²) in [7, 11) is 0. The van der Waals surface area contributed by atoms with Crippen molar-refractivity contribution in [1.82, 2.24) is 4.98 Å². The minimum atomic E-state index is 0.243. The van der Waals surface area contributed by atoms with Gasteiger partial charge in [-0.25, -0.2) is 0 Å². The number of anilines is 2. The molecule has 4 heteroatoms. The number of nitrogens with zero attached hydrogens (tertiary/aromatic N) is 1. The smallest absolute Gasteiger partial charge is 0.0754 e. The fourth-order valence-electron chi connectivity index (χ4n) is 1.88. The molecule has 3 N–H and O–H groups in total. The van der Waals surface area contributed by atoms with Crippen LogP contribution in [0.5, 0.6) is 0 Å². The van der Waals surface area contributed by atoms with E-state index in [4.69, 9.17) is 5.73 Å². The lowest BCUT2D eigenvalue weighted by Crippen LogP contribution is -2.11. The fraction of sp³-hybridized carbons (Fsp3) is 0.214. The van der Waals surface area contributed by atoms with Crippen LogP contribution in [0.1, 0.15) is 24.9 Å². The normalized spacial score (nSPS) is 12.1. The first-order chi connectivity index (χ1) is 8.72. The number of benzene rings is 1. The lowest BCUT2D eigenvalue weighted by molar-refractivity contribution is 0.749. The van der Waals surface area contributed by atoms with E-state index < -0.39 is 0 Å². The van der Waals surface area contributed by atoms with Crippen molar-refractivity contribution in [2.75, 3.05) is 11.1 Å². The summed E-state index contributed by atoms with van der Waals surface area (Å²) in [5.41, 5.74) is 8.76. The van der Waals surface area contributed by atoms with Gasteiger partial charge in [0.2, 0.25) is 0 Å². The molecule has 2 aromatic rings. The highest BCUT2D eigenvalue weighted by molar-refractivity contribution is 9.10. The van der Waals surface area contributed by atoms with Gasteiger partial charge in [-0.1, -0.05) is 37.3 Å². The number of nitrogens with two attached hydrogens (primary N) is 1. The third-order valence-electron chi connectivity index (χ3n) is 2.86. The van der Waals surface area contributed by atoms with Crippen molar-refractivity contribution < 1.29 is 0 Å². The number of hydrogen-bond acceptors (Lipinski definition) is 3. The molecule has 0 saturated carbocycles. The molecular weight excluding hydrogens is 290 g/mol. The Hall–Kier alpha value is -1.55. The van der Waals surface area contributed by atoms with Crippen molar-refractivity contribution in [2.45, 2.75) is 19.4 Å². The first kappa shape index (κ1) is 12.9. The van der Waals surface area contributed by atoms with E-state index in [0.29, 0.717) is 5.69 Å². The number of aromatic nitrogens is 1. The van der Waals surface area contributed by atoms with E-state index in [0.717, 1.165) is 16.6 Å². The standard InChI is InChI=1S/C14H16BrN3/c1-2-13(10-6-4-3-5-7-10)18-14-11(15)8-17-9-12(14)16/h3-9,13H,2,16H2,1H3,(H,17,18). The number of hydrogen-bond donors (Lipinski definition) is 2. The predicted molar refractivity (Wildman–Crippen MR) is 79.4 cm³/mol. The van der Waals surface area contributed by atoms with Gasteiger partial charge in [-0.3, -0.25) is 4.98 Å². The second-order valence-corrected chi connectivity index (χ2v) is 4.96. The molecule has 0 saturated heterocycles. The van der Waals surface area contributed by atoms with Crippen LogP contribution in [0.25, 0.3) is 0 Å². The van der Waals surface area contributed by atoms with Crippen LogP contribution in [0.15, 0.2) is 47.2 Å². The summed E-state index contributed by atoms with van der Waals surface area (Å²) in [6, 6.07) is 10.6. The number of rotatable bonds is 4. The van der Waals surface area contributed by atoms with E-state index in [1.165, 1.54) is 5.56 Å². The van der Waals surface area contributed by atoms with Crippen LogP contribution in [-0.4, -0.2) is 4.98 Å². The zero-order valence-electron chi connectivity index (χ0n) is 10.2. The molecule has 0 amide bonds. The maximum absolute atomic E-state index is 5.95. The Kier molecular flexibility index (Phi) is 4.20. The van der Waals surface area contributed by atoms with Gasteiger partial charge < -0.3 is 11.1 Å². The van der Waals surface area contributed by atoms with Gasteiger partial charge in [-0.2, -0.15) is 0 Å². The summed E-state index contributed by atoms with van der Waals surface area (Å²) in [5.74, 6) is 0. The highest BCUT2D eigenvalue weighted by Crippen LogP contribution is 2.31. The molecule has 1 aromatic heterocycles. The maximum atomic E-state index is 5.95. The molecule has 0 radical (unpaired) electrons. The number of pyridine rings is 1. The molecule has 1 heterocycles. The largest absolute Gasteiger partial charge is 0.396 e. The molecule has 0 aliphatic heterocycles. The van der Waals surface area contributed by atoms with E-state index in [9.17, 15) is 0 Å². The molecule has 1 atom stereocenters. The Labute approximate surface area is 116 Å². The van der Waals surface area contributed by atoms with Crippen LogP contribution in [0.2, 0.25) is 0 Å². The minimum absolute atomic E-state index is 0.243. The van der Waals surface area contributed by atoms with E-state index in [1.54, 1.807) is 12.4 Å². The highest BCUT2D eigenvalue weighted by Gasteiger charge is 2.12. The van der Waals surface area contributed by atoms with Crippen LogP contribution >= 0.6 is 15.9 Å². The summed E-state index contributed by atoms with van der Waals surface area (Å²) < 4.78 is 0.886. The number of nitrogens with one attached hydrogen (secondary N) is 1. The average Bonchev–Trinajstić information content (AvgIpc) is 2.40. The van der Waals surface area contributed by atoms with Gasteiger partial charge in [0.25, 0.3) is 0 Å². The molecule has 0 spiro atoms. The highest BCUT2D eigenvalue weighted by atomic mass is 79.9. The first-order valence-corrected chi connectivity index (χ1v) is 6.72. The van der Waals surface area contributed by atoms with Crippen molar-refractivity contribution in [3.63, 3.8) is 0 Å². The van der Waals surface area contributed by atoms with Crippen LogP contribution in [0.3, 0.4) is 0 Å². The molecule has 1 aromatic carbocycles. The predicted octanol–water partition coefficient (Wildman–Crippen LogP) is 3.99. The van der Waals surface area contributed by atoms with Crippen molar-refractivity contribution in [3.05, 3.63) is 52.8 Å². The molecule has 0 aliphatic carbocycles. The third kappa shape index (κ3) is 2.82. The topological polar surface area (TPSA) is 50.9 Å². The van der Waals surface area contributed by atoms with E-state index in [1.807, 2.05) is 18.2 Å². The van der Waals surface area contributed by atoms with Crippen molar-refractivity contribution in [3.8, 4) is 0 Å². The van der Waals surface area contributed by atoms with Gasteiger partial charge in [-0.05, 0) is 27.9 Å². The Morgan fingerprint density at radius 3 is 2.61 bits per heavy atom. The summed E-state index contributed by atoms with van der Waals surface area (Å²) in [6.07, 6.45) is 4.39. The average molecular weight is 306 g/mol. The molecule has 1 unspecified atom stereocenters. The summed E-state index contributed by atoms with van der Waals surface area (Å²) in [6.45, 7) is 2.15. The quantitative estimate of drug-likeness (QED) is 0.898. The van der Waals surface area contributed by atoms with Crippen LogP contribution in [0, 0.1) is 0 Å². The van der Waals surface area contributed by atoms with E-state index >= 15 is 0 Å². The number of nitrogen functional groups attached to an aromatic ring is 1. The fourth-order valence-corrected chi connectivity index (χ4v) is 2.34. The van der Waals surface area contributed by atoms with Crippen molar-refractivity contribution in [1.29, 1.82) is 0 Å². The van der Waals surface area contributed by atoms with Gasteiger partial charge >= 0.3 is 0 Å². The Morgan fingerprint density at radius 2 is 2.00 bits per heavy atom. The molecule has 0 bridgehead atoms. The Bertz CT molecular complexity index is 493. The maximum Gasteiger partial charge on any atom is 0.0754 e. The van der Waals surface area contributed by atoms with E-state index in [-0.39, 0.29) is 6.04 Å².